The van der Waals surface area contributed by atoms with Crippen molar-refractivity contribution in [3.05, 3.63) is 30.5 Å². The van der Waals surface area contributed by atoms with Crippen molar-refractivity contribution in [3.63, 3.8) is 0 Å². The van der Waals surface area contributed by atoms with Gasteiger partial charge in [-0.25, -0.2) is 0 Å². The van der Waals surface area contributed by atoms with Gasteiger partial charge in [0.05, 0.1) is 0 Å². The van der Waals surface area contributed by atoms with Crippen LogP contribution in [0, 0.1) is 0 Å². The summed E-state index contributed by atoms with van der Waals surface area (Å²) in [4.78, 5) is 2.49. The van der Waals surface area contributed by atoms with E-state index in [0.717, 1.165) is 18.3 Å². The molecule has 1 aromatic carbocycles. The number of nitrogen functional groups attached to an aromatic ring is 1. The van der Waals surface area contributed by atoms with Crippen LogP contribution in [0.5, 0.6) is 0 Å². The standard InChI is InChI=1S/C15H21N3.C2H6/c1-17-8-2-3-14(17)7-10-18-9-6-12-11-13(16)4-5-15(12)18;1-2/h4-6,9,11,14H,2-3,7-8,10,16H2,1H3;1-2H3. The minimum Gasteiger partial charge on any atom is -0.399 e. The summed E-state index contributed by atoms with van der Waals surface area (Å²) in [5.41, 5.74) is 7.95. The maximum atomic E-state index is 5.81. The zero-order chi connectivity index (χ0) is 14.5. The smallest absolute Gasteiger partial charge is 0.0481 e. The second kappa shape index (κ2) is 6.80. The Bertz CT molecular complexity index is 544. The number of aryl methyl sites for hydroxylation is 1. The minimum atomic E-state index is 0.760. The van der Waals surface area contributed by atoms with E-state index in [9.17, 15) is 0 Å². The zero-order valence-corrected chi connectivity index (χ0v) is 13.0. The van der Waals surface area contributed by atoms with Crippen LogP contribution in [0.4, 0.5) is 5.69 Å². The summed E-state index contributed by atoms with van der Waals surface area (Å²) in [6.45, 7) is 6.36. The maximum absolute atomic E-state index is 5.81. The van der Waals surface area contributed by atoms with Gasteiger partial charge in [0.1, 0.15) is 0 Å². The lowest BCUT2D eigenvalue weighted by atomic mass is 10.1. The first-order valence-corrected chi connectivity index (χ1v) is 7.78. The van der Waals surface area contributed by atoms with Crippen LogP contribution in [0.1, 0.15) is 33.1 Å². The molecule has 3 rings (SSSR count). The Balaban J connectivity index is 0.000000704. The van der Waals surface area contributed by atoms with E-state index in [-0.39, 0.29) is 0 Å². The third-order valence-corrected chi connectivity index (χ3v) is 4.17. The molecular weight excluding hydrogens is 246 g/mol. The van der Waals surface area contributed by atoms with Crippen molar-refractivity contribution in [2.75, 3.05) is 19.3 Å². The monoisotopic (exact) mass is 273 g/mol. The lowest BCUT2D eigenvalue weighted by Gasteiger charge is -2.19. The SMILES string of the molecule is CC.CN1CCCC1CCn1ccc2cc(N)ccc21. The number of anilines is 1. The molecule has 1 atom stereocenters. The maximum Gasteiger partial charge on any atom is 0.0481 e. The Kier molecular flexibility index (Phi) is 5.07. The molecule has 2 heterocycles. The molecule has 0 amide bonds. The molecule has 0 spiro atoms. The number of hydrogen-bond donors (Lipinski definition) is 1. The van der Waals surface area contributed by atoms with Crippen molar-refractivity contribution >= 4 is 16.6 Å². The predicted molar refractivity (Wildman–Crippen MR) is 88.0 cm³/mol. The molecule has 20 heavy (non-hydrogen) atoms. The highest BCUT2D eigenvalue weighted by Gasteiger charge is 2.20. The molecule has 0 aliphatic carbocycles. The molecule has 0 saturated carbocycles. The summed E-state index contributed by atoms with van der Waals surface area (Å²) in [5.74, 6) is 0. The first-order chi connectivity index (χ1) is 9.74. The third kappa shape index (κ3) is 3.15. The van der Waals surface area contributed by atoms with Gasteiger partial charge >= 0.3 is 0 Å². The minimum absolute atomic E-state index is 0.760. The fourth-order valence-corrected chi connectivity index (χ4v) is 3.05. The molecule has 2 aromatic rings. The van der Waals surface area contributed by atoms with Crippen LogP contribution in [-0.4, -0.2) is 29.1 Å². The van der Waals surface area contributed by atoms with Crippen molar-refractivity contribution in [1.82, 2.24) is 9.47 Å². The Hall–Kier alpha value is -1.48. The first kappa shape index (κ1) is 14.9. The summed E-state index contributed by atoms with van der Waals surface area (Å²) >= 11 is 0. The van der Waals surface area contributed by atoms with E-state index in [1.165, 1.54) is 36.7 Å². The van der Waals surface area contributed by atoms with Crippen LogP contribution in [-0.2, 0) is 6.54 Å². The number of rotatable bonds is 3. The largest absolute Gasteiger partial charge is 0.399 e. The molecule has 1 saturated heterocycles. The Morgan fingerprint density at radius 1 is 1.25 bits per heavy atom. The number of hydrogen-bond acceptors (Lipinski definition) is 2. The number of benzene rings is 1. The van der Waals surface area contributed by atoms with Crippen molar-refractivity contribution < 1.29 is 0 Å². The summed E-state index contributed by atoms with van der Waals surface area (Å²) < 4.78 is 2.35. The Labute approximate surface area is 122 Å². The highest BCUT2D eigenvalue weighted by atomic mass is 15.1. The van der Waals surface area contributed by atoms with E-state index in [1.807, 2.05) is 26.0 Å². The highest BCUT2D eigenvalue weighted by molar-refractivity contribution is 5.83. The van der Waals surface area contributed by atoms with Crippen LogP contribution in [0.3, 0.4) is 0 Å². The lowest BCUT2D eigenvalue weighted by molar-refractivity contribution is 0.287. The van der Waals surface area contributed by atoms with Gasteiger partial charge in [0.25, 0.3) is 0 Å². The van der Waals surface area contributed by atoms with Crippen molar-refractivity contribution in [2.45, 2.75) is 45.7 Å². The fourth-order valence-electron chi connectivity index (χ4n) is 3.05. The average molecular weight is 273 g/mol. The van der Waals surface area contributed by atoms with Gasteiger partial charge in [-0.15, -0.1) is 0 Å². The number of likely N-dealkylation sites (tertiary alicyclic amines) is 1. The van der Waals surface area contributed by atoms with E-state index in [2.05, 4.69) is 34.8 Å². The van der Waals surface area contributed by atoms with Crippen molar-refractivity contribution in [3.8, 4) is 0 Å². The topological polar surface area (TPSA) is 34.2 Å². The van der Waals surface area contributed by atoms with Crippen LogP contribution in [0.25, 0.3) is 10.9 Å². The van der Waals surface area contributed by atoms with Gasteiger partial charge in [-0.3, -0.25) is 0 Å². The molecule has 0 bridgehead atoms. The molecule has 1 unspecified atom stereocenters. The second-order valence-electron chi connectivity index (χ2n) is 5.39. The first-order valence-electron chi connectivity index (χ1n) is 7.78. The Morgan fingerprint density at radius 3 is 2.75 bits per heavy atom. The fraction of sp³-hybridized carbons (Fsp3) is 0.529. The van der Waals surface area contributed by atoms with E-state index in [0.29, 0.717) is 0 Å². The lowest BCUT2D eigenvalue weighted by Crippen LogP contribution is -2.25. The molecule has 1 fully saturated rings. The van der Waals surface area contributed by atoms with Gasteiger partial charge in [-0.05, 0) is 57.1 Å². The summed E-state index contributed by atoms with van der Waals surface area (Å²) in [6, 6.07) is 9.08. The summed E-state index contributed by atoms with van der Waals surface area (Å²) in [7, 11) is 2.24. The quantitative estimate of drug-likeness (QED) is 0.865. The number of aromatic nitrogens is 1. The molecule has 1 aromatic heterocycles. The van der Waals surface area contributed by atoms with Gasteiger partial charge in [0.2, 0.25) is 0 Å². The summed E-state index contributed by atoms with van der Waals surface area (Å²) in [5, 5.41) is 1.25. The molecule has 110 valence electrons. The van der Waals surface area contributed by atoms with Gasteiger partial charge in [0, 0.05) is 35.4 Å². The molecule has 3 heteroatoms. The third-order valence-electron chi connectivity index (χ3n) is 4.17. The van der Waals surface area contributed by atoms with Crippen molar-refractivity contribution in [2.24, 2.45) is 0 Å². The molecule has 0 radical (unpaired) electrons. The normalized spacial score (nSPS) is 19.1. The van der Waals surface area contributed by atoms with E-state index in [4.69, 9.17) is 5.73 Å². The number of fused-ring (bicyclic) bond motifs is 1. The van der Waals surface area contributed by atoms with Crippen LogP contribution >= 0.6 is 0 Å². The van der Waals surface area contributed by atoms with Gasteiger partial charge in [-0.1, -0.05) is 13.8 Å². The van der Waals surface area contributed by atoms with Gasteiger partial charge in [0.15, 0.2) is 0 Å². The van der Waals surface area contributed by atoms with E-state index >= 15 is 0 Å². The highest BCUT2D eigenvalue weighted by Crippen LogP contribution is 2.22. The predicted octanol–water partition coefficient (Wildman–Crippen LogP) is 3.73. The van der Waals surface area contributed by atoms with Crippen LogP contribution in [0.2, 0.25) is 0 Å². The molecular formula is C17H27N3. The van der Waals surface area contributed by atoms with Crippen LogP contribution < -0.4 is 5.73 Å². The zero-order valence-electron chi connectivity index (χ0n) is 13.0. The number of nitrogens with zero attached hydrogens (tertiary/aromatic N) is 2. The molecule has 2 N–H and O–H groups in total. The Morgan fingerprint density at radius 2 is 2.05 bits per heavy atom. The van der Waals surface area contributed by atoms with Gasteiger partial charge < -0.3 is 15.2 Å². The van der Waals surface area contributed by atoms with Gasteiger partial charge in [-0.2, -0.15) is 0 Å². The second-order valence-corrected chi connectivity index (χ2v) is 5.39. The van der Waals surface area contributed by atoms with E-state index in [1.54, 1.807) is 0 Å². The van der Waals surface area contributed by atoms with E-state index < -0.39 is 0 Å². The van der Waals surface area contributed by atoms with Crippen LogP contribution in [0.15, 0.2) is 30.5 Å². The van der Waals surface area contributed by atoms with Crippen molar-refractivity contribution in [1.29, 1.82) is 0 Å². The molecule has 1 aliphatic rings. The average Bonchev–Trinajstić information content (AvgIpc) is 3.05. The molecule has 3 nitrogen and oxygen atoms in total. The molecule has 1 aliphatic heterocycles. The number of nitrogens with two attached hydrogens (primary N) is 1. The summed E-state index contributed by atoms with van der Waals surface area (Å²) in [6.07, 6.45) is 6.12.